The quantitative estimate of drug-likeness (QED) is 0.548. The molecule has 0 saturated carbocycles. The van der Waals surface area contributed by atoms with E-state index in [2.05, 4.69) is 11.9 Å². The van der Waals surface area contributed by atoms with Crippen LogP contribution in [-0.4, -0.2) is 32.7 Å². The Morgan fingerprint density at radius 3 is 2.79 bits per heavy atom. The van der Waals surface area contributed by atoms with E-state index in [9.17, 15) is 18.0 Å². The van der Waals surface area contributed by atoms with Crippen LogP contribution in [-0.2, 0) is 21.1 Å². The summed E-state index contributed by atoms with van der Waals surface area (Å²) in [7, 11) is -3.23. The zero-order valence-electron chi connectivity index (χ0n) is 16.4. The van der Waals surface area contributed by atoms with E-state index in [1.807, 2.05) is 19.9 Å². The number of ether oxygens (including phenoxy) is 1. The normalized spacial score (nSPS) is 17.4. The Bertz CT molecular complexity index is 1160. The van der Waals surface area contributed by atoms with Crippen molar-refractivity contribution in [1.29, 1.82) is 0 Å². The van der Waals surface area contributed by atoms with Crippen molar-refractivity contribution in [2.24, 2.45) is 0 Å². The number of nitrogens with one attached hydrogen (secondary N) is 1. The molecule has 1 aliphatic heterocycles. The van der Waals surface area contributed by atoms with Crippen molar-refractivity contribution in [3.05, 3.63) is 63.4 Å². The molecule has 3 rings (SSSR count). The van der Waals surface area contributed by atoms with E-state index in [0.29, 0.717) is 23.5 Å². The van der Waals surface area contributed by atoms with Crippen LogP contribution < -0.4 is 15.7 Å². The molecule has 0 unspecified atom stereocenters. The molecule has 2 heterocycles. The van der Waals surface area contributed by atoms with E-state index < -0.39 is 21.5 Å². The molecule has 154 valence electrons. The summed E-state index contributed by atoms with van der Waals surface area (Å²) in [5, 5.41) is 4.53. The Kier molecular flexibility index (Phi) is 5.93. The predicted molar refractivity (Wildman–Crippen MR) is 111 cm³/mol. The number of rotatable bonds is 7. The van der Waals surface area contributed by atoms with Gasteiger partial charge in [0.25, 0.3) is 0 Å². The van der Waals surface area contributed by atoms with Gasteiger partial charge < -0.3 is 14.5 Å². The molecule has 1 atom stereocenters. The number of sulfone groups is 1. The summed E-state index contributed by atoms with van der Waals surface area (Å²) < 4.78 is 33.8. The van der Waals surface area contributed by atoms with Gasteiger partial charge in [-0.2, -0.15) is 0 Å². The van der Waals surface area contributed by atoms with Gasteiger partial charge in [0.2, 0.25) is 5.91 Å². The summed E-state index contributed by atoms with van der Waals surface area (Å²) in [6, 6.07) is 4.75. The summed E-state index contributed by atoms with van der Waals surface area (Å²) in [5.41, 5.74) is 1.98. The standard InChI is InChI=1S/C21H23NO6S/c1-13(2)11-27-16-4-5-17-14(3)18(21(24)28-19(17)10-16)6-7-20(23)22-15-8-9-29(25,26)12-15/h4-5,8-10,15H,1,6-7,11-12H2,2-3H3,(H,22,23)/t15-/m0/s1. The second-order valence-electron chi connectivity index (χ2n) is 7.23. The van der Waals surface area contributed by atoms with Crippen LogP contribution in [0.15, 0.2) is 51.0 Å². The van der Waals surface area contributed by atoms with Crippen molar-refractivity contribution < 1.29 is 22.4 Å². The molecule has 29 heavy (non-hydrogen) atoms. The van der Waals surface area contributed by atoms with Crippen molar-refractivity contribution >= 4 is 26.7 Å². The van der Waals surface area contributed by atoms with E-state index in [0.717, 1.165) is 21.9 Å². The van der Waals surface area contributed by atoms with Crippen LogP contribution >= 0.6 is 0 Å². The smallest absolute Gasteiger partial charge is 0.339 e. The van der Waals surface area contributed by atoms with E-state index in [4.69, 9.17) is 9.15 Å². The van der Waals surface area contributed by atoms with Gasteiger partial charge in [0.05, 0.1) is 11.8 Å². The van der Waals surface area contributed by atoms with Gasteiger partial charge in [0, 0.05) is 28.8 Å². The zero-order valence-corrected chi connectivity index (χ0v) is 17.2. The third-order valence-corrected chi connectivity index (χ3v) is 6.02. The largest absolute Gasteiger partial charge is 0.489 e. The average molecular weight is 417 g/mol. The van der Waals surface area contributed by atoms with E-state index in [1.54, 1.807) is 12.1 Å². The molecule has 8 heteroatoms. The fourth-order valence-corrected chi connectivity index (χ4v) is 4.38. The molecular formula is C21H23NO6S. The minimum atomic E-state index is -3.23. The van der Waals surface area contributed by atoms with Crippen molar-refractivity contribution in [3.8, 4) is 5.75 Å². The van der Waals surface area contributed by atoms with Crippen LogP contribution in [0.4, 0.5) is 0 Å². The average Bonchev–Trinajstić information content (AvgIpc) is 2.97. The van der Waals surface area contributed by atoms with Crippen LogP contribution in [0.3, 0.4) is 0 Å². The first-order chi connectivity index (χ1) is 13.6. The lowest BCUT2D eigenvalue weighted by Crippen LogP contribution is -2.35. The number of benzene rings is 1. The Hall–Kier alpha value is -2.87. The van der Waals surface area contributed by atoms with Gasteiger partial charge >= 0.3 is 5.63 Å². The molecular weight excluding hydrogens is 394 g/mol. The van der Waals surface area contributed by atoms with E-state index in [-0.39, 0.29) is 24.5 Å². The highest BCUT2D eigenvalue weighted by molar-refractivity contribution is 7.94. The summed E-state index contributed by atoms with van der Waals surface area (Å²) >= 11 is 0. The van der Waals surface area contributed by atoms with Gasteiger partial charge in [0.15, 0.2) is 9.84 Å². The minimum Gasteiger partial charge on any atom is -0.489 e. The summed E-state index contributed by atoms with van der Waals surface area (Å²) in [4.78, 5) is 24.6. The monoisotopic (exact) mass is 417 g/mol. The van der Waals surface area contributed by atoms with Crippen LogP contribution in [0, 0.1) is 6.92 Å². The maximum atomic E-state index is 12.4. The SMILES string of the molecule is C=C(C)COc1ccc2c(C)c(CCC(=O)N[C@H]3C=CS(=O)(=O)C3)c(=O)oc2c1. The Morgan fingerprint density at radius 2 is 2.14 bits per heavy atom. The highest BCUT2D eigenvalue weighted by Crippen LogP contribution is 2.25. The maximum absolute atomic E-state index is 12.4. The molecule has 1 aliphatic rings. The number of hydrogen-bond donors (Lipinski definition) is 1. The lowest BCUT2D eigenvalue weighted by molar-refractivity contribution is -0.121. The summed E-state index contributed by atoms with van der Waals surface area (Å²) in [6.45, 7) is 7.83. The van der Waals surface area contributed by atoms with Gasteiger partial charge in [-0.05, 0) is 49.6 Å². The predicted octanol–water partition coefficient (Wildman–Crippen LogP) is 2.42. The molecule has 7 nitrogen and oxygen atoms in total. The minimum absolute atomic E-state index is 0.0568. The molecule has 0 spiro atoms. The third-order valence-electron chi connectivity index (χ3n) is 4.62. The first kappa shape index (κ1) is 20.9. The van der Waals surface area contributed by atoms with E-state index >= 15 is 0 Å². The van der Waals surface area contributed by atoms with Gasteiger partial charge in [-0.25, -0.2) is 13.2 Å². The highest BCUT2D eigenvalue weighted by Gasteiger charge is 2.23. The topological polar surface area (TPSA) is 103 Å². The fourth-order valence-electron chi connectivity index (χ4n) is 3.14. The molecule has 1 N–H and O–H groups in total. The van der Waals surface area contributed by atoms with Crippen molar-refractivity contribution in [2.75, 3.05) is 12.4 Å². The van der Waals surface area contributed by atoms with Gasteiger partial charge in [-0.15, -0.1) is 0 Å². The Morgan fingerprint density at radius 1 is 1.38 bits per heavy atom. The van der Waals surface area contributed by atoms with Crippen molar-refractivity contribution in [1.82, 2.24) is 5.32 Å². The molecule has 0 aliphatic carbocycles. The molecule has 0 radical (unpaired) electrons. The highest BCUT2D eigenvalue weighted by atomic mass is 32.2. The number of hydrogen-bond acceptors (Lipinski definition) is 6. The van der Waals surface area contributed by atoms with Crippen molar-refractivity contribution in [3.63, 3.8) is 0 Å². The number of fused-ring (bicyclic) bond motifs is 1. The lowest BCUT2D eigenvalue weighted by atomic mass is 10.0. The summed E-state index contributed by atoms with van der Waals surface area (Å²) in [5.74, 6) is 0.125. The third kappa shape index (κ3) is 5.14. The van der Waals surface area contributed by atoms with Crippen LogP contribution in [0.5, 0.6) is 5.75 Å². The Labute approximate surface area is 169 Å². The second kappa shape index (κ2) is 8.24. The fraction of sp³-hybridized carbons (Fsp3) is 0.333. The van der Waals surface area contributed by atoms with Crippen molar-refractivity contribution in [2.45, 2.75) is 32.7 Å². The second-order valence-corrected chi connectivity index (χ2v) is 9.16. The zero-order chi connectivity index (χ0) is 21.2. The number of amides is 1. The van der Waals surface area contributed by atoms with E-state index in [1.165, 1.54) is 6.08 Å². The van der Waals surface area contributed by atoms with Gasteiger partial charge in [-0.1, -0.05) is 6.58 Å². The van der Waals surface area contributed by atoms with Gasteiger partial charge in [-0.3, -0.25) is 4.79 Å². The Balaban J connectivity index is 1.71. The van der Waals surface area contributed by atoms with Crippen LogP contribution in [0.2, 0.25) is 0 Å². The maximum Gasteiger partial charge on any atom is 0.339 e. The first-order valence-corrected chi connectivity index (χ1v) is 10.9. The molecule has 0 bridgehead atoms. The number of carbonyl (C=O) groups excluding carboxylic acids is 1. The molecule has 2 aromatic rings. The first-order valence-electron chi connectivity index (χ1n) is 9.18. The van der Waals surface area contributed by atoms with Crippen LogP contribution in [0.1, 0.15) is 24.5 Å². The number of carbonyl (C=O) groups is 1. The molecule has 1 amide bonds. The van der Waals surface area contributed by atoms with Crippen LogP contribution in [0.25, 0.3) is 11.0 Å². The summed E-state index contributed by atoms with van der Waals surface area (Å²) in [6.07, 6.45) is 1.71. The molecule has 1 aromatic carbocycles. The molecule has 0 fully saturated rings. The molecule has 0 saturated heterocycles. The number of aryl methyl sites for hydroxylation is 1. The molecule has 1 aromatic heterocycles. The van der Waals surface area contributed by atoms with Gasteiger partial charge in [0.1, 0.15) is 17.9 Å². The lowest BCUT2D eigenvalue weighted by Gasteiger charge is -2.12.